The van der Waals surface area contributed by atoms with Gasteiger partial charge in [-0.05, 0) is 56.0 Å². The first-order valence-electron chi connectivity index (χ1n) is 11.0. The molecule has 3 aromatic heterocycles. The normalized spacial score (nSPS) is 16.7. The van der Waals surface area contributed by atoms with E-state index in [9.17, 15) is 0 Å². The summed E-state index contributed by atoms with van der Waals surface area (Å²) < 4.78 is 0. The molecule has 7 heteroatoms. The van der Waals surface area contributed by atoms with Gasteiger partial charge in [-0.1, -0.05) is 24.6 Å². The van der Waals surface area contributed by atoms with Crippen molar-refractivity contribution in [2.75, 3.05) is 11.9 Å². The number of nitrogens with one attached hydrogen (secondary N) is 2. The van der Waals surface area contributed by atoms with Gasteiger partial charge in [0.2, 0.25) is 0 Å². The van der Waals surface area contributed by atoms with Gasteiger partial charge in [0.15, 0.2) is 0 Å². The standard InChI is InChI=1S/C25H25N7/c1-17-28-23(13-25(29-17)31-20-10-9-19(14-26)27-15-20)24-8-4-5-11-32(24)16-21-12-18-6-2-3-7-22(18)30-21/h2-3,6-7,9-10,12-13,15,24,30H,4-5,8,11,16H2,1H3,(H,28,29,31)/t24-/m1/s1. The molecular weight excluding hydrogens is 398 g/mol. The first kappa shape index (κ1) is 20.2. The number of likely N-dealkylation sites (tertiary alicyclic amines) is 1. The van der Waals surface area contributed by atoms with E-state index in [0.717, 1.165) is 42.5 Å². The Hall–Kier alpha value is -3.76. The van der Waals surface area contributed by atoms with Crippen LogP contribution in [0.3, 0.4) is 0 Å². The molecule has 0 bridgehead atoms. The molecule has 7 nitrogen and oxygen atoms in total. The van der Waals surface area contributed by atoms with Crippen LogP contribution in [-0.2, 0) is 6.54 Å². The summed E-state index contributed by atoms with van der Waals surface area (Å²) in [5, 5.41) is 13.5. The Bertz CT molecular complexity index is 1240. The molecule has 5 rings (SSSR count). The Morgan fingerprint density at radius 3 is 2.88 bits per heavy atom. The third-order valence-corrected chi connectivity index (χ3v) is 5.92. The quantitative estimate of drug-likeness (QED) is 0.469. The second kappa shape index (κ2) is 8.77. The zero-order valence-electron chi connectivity index (χ0n) is 18.0. The Labute approximate surface area is 187 Å². The van der Waals surface area contributed by atoms with Crippen LogP contribution in [0, 0.1) is 18.3 Å². The summed E-state index contributed by atoms with van der Waals surface area (Å²) in [6.07, 6.45) is 5.12. The fourth-order valence-corrected chi connectivity index (χ4v) is 4.46. The number of H-pyrrole nitrogens is 1. The van der Waals surface area contributed by atoms with Gasteiger partial charge in [0, 0.05) is 23.8 Å². The summed E-state index contributed by atoms with van der Waals surface area (Å²) in [6.45, 7) is 3.84. The fourth-order valence-electron chi connectivity index (χ4n) is 4.46. The lowest BCUT2D eigenvalue weighted by atomic mass is 9.98. The van der Waals surface area contributed by atoms with Gasteiger partial charge in [-0.3, -0.25) is 4.90 Å². The highest BCUT2D eigenvalue weighted by Gasteiger charge is 2.26. The predicted octanol–water partition coefficient (Wildman–Crippen LogP) is 5.00. The maximum absolute atomic E-state index is 8.95. The monoisotopic (exact) mass is 423 g/mol. The number of benzene rings is 1. The molecule has 2 N–H and O–H groups in total. The molecule has 1 atom stereocenters. The minimum Gasteiger partial charge on any atom is -0.357 e. The Kier molecular flexibility index (Phi) is 5.53. The molecule has 1 aromatic carbocycles. The molecule has 1 aliphatic heterocycles. The number of hydrogen-bond acceptors (Lipinski definition) is 6. The molecule has 4 aromatic rings. The second-order valence-corrected chi connectivity index (χ2v) is 8.26. The van der Waals surface area contributed by atoms with Crippen LogP contribution in [0.4, 0.5) is 11.5 Å². The first-order valence-corrected chi connectivity index (χ1v) is 11.0. The SMILES string of the molecule is Cc1nc(Nc2ccc(C#N)nc2)cc([C@H]2CCCCN2Cc2cc3ccccc3[nH]2)n1. The van der Waals surface area contributed by atoms with Crippen LogP contribution in [0.15, 0.2) is 54.7 Å². The Balaban J connectivity index is 1.39. The van der Waals surface area contributed by atoms with Crippen molar-refractivity contribution in [2.45, 2.75) is 38.8 Å². The number of hydrogen-bond donors (Lipinski definition) is 2. The number of nitrogens with zero attached hydrogens (tertiary/aromatic N) is 5. The van der Waals surface area contributed by atoms with Crippen LogP contribution in [0.5, 0.6) is 0 Å². The van der Waals surface area contributed by atoms with E-state index in [1.165, 1.54) is 29.4 Å². The van der Waals surface area contributed by atoms with Crippen LogP contribution in [0.2, 0.25) is 0 Å². The van der Waals surface area contributed by atoms with Crippen LogP contribution >= 0.6 is 0 Å². The smallest absolute Gasteiger partial charge is 0.140 e. The molecule has 32 heavy (non-hydrogen) atoms. The number of nitriles is 1. The number of aromatic amines is 1. The van der Waals surface area contributed by atoms with E-state index in [1.807, 2.05) is 25.1 Å². The lowest BCUT2D eigenvalue weighted by molar-refractivity contribution is 0.135. The number of piperidine rings is 1. The summed E-state index contributed by atoms with van der Waals surface area (Å²) in [7, 11) is 0. The zero-order valence-corrected chi connectivity index (χ0v) is 18.0. The second-order valence-electron chi connectivity index (χ2n) is 8.26. The number of para-hydroxylation sites is 1. The van der Waals surface area contributed by atoms with Crippen LogP contribution in [-0.4, -0.2) is 31.4 Å². The highest BCUT2D eigenvalue weighted by atomic mass is 15.2. The van der Waals surface area contributed by atoms with E-state index in [0.29, 0.717) is 5.69 Å². The van der Waals surface area contributed by atoms with Gasteiger partial charge in [0.05, 0.1) is 23.6 Å². The van der Waals surface area contributed by atoms with Crippen LogP contribution in [0.1, 0.15) is 48.2 Å². The van der Waals surface area contributed by atoms with Gasteiger partial charge < -0.3 is 10.3 Å². The largest absolute Gasteiger partial charge is 0.357 e. The number of pyridine rings is 1. The minimum atomic E-state index is 0.247. The summed E-state index contributed by atoms with van der Waals surface area (Å²) in [5.41, 5.74) is 4.64. The summed E-state index contributed by atoms with van der Waals surface area (Å²) >= 11 is 0. The minimum absolute atomic E-state index is 0.247. The van der Waals surface area contributed by atoms with Gasteiger partial charge in [0.1, 0.15) is 23.4 Å². The van der Waals surface area contributed by atoms with Crippen molar-refractivity contribution >= 4 is 22.4 Å². The average Bonchev–Trinajstić information content (AvgIpc) is 3.22. The molecule has 0 aliphatic carbocycles. The molecule has 1 fully saturated rings. The summed E-state index contributed by atoms with van der Waals surface area (Å²) in [5.74, 6) is 1.48. The maximum atomic E-state index is 8.95. The van der Waals surface area contributed by atoms with Crippen molar-refractivity contribution in [3.63, 3.8) is 0 Å². The molecule has 0 unspecified atom stereocenters. The van der Waals surface area contributed by atoms with Crippen molar-refractivity contribution in [3.05, 3.63) is 77.6 Å². The fraction of sp³-hybridized carbons (Fsp3) is 0.280. The molecule has 1 saturated heterocycles. The van der Waals surface area contributed by atoms with E-state index < -0.39 is 0 Å². The lowest BCUT2D eigenvalue weighted by Gasteiger charge is -2.35. The van der Waals surface area contributed by atoms with Crippen LogP contribution in [0.25, 0.3) is 10.9 Å². The molecule has 0 saturated carbocycles. The van der Waals surface area contributed by atoms with Gasteiger partial charge in [-0.15, -0.1) is 0 Å². The average molecular weight is 424 g/mol. The van der Waals surface area contributed by atoms with Crippen molar-refractivity contribution < 1.29 is 0 Å². The van der Waals surface area contributed by atoms with E-state index in [2.05, 4.69) is 55.5 Å². The summed E-state index contributed by atoms with van der Waals surface area (Å²) in [6, 6.07) is 18.5. The lowest BCUT2D eigenvalue weighted by Crippen LogP contribution is -2.33. The van der Waals surface area contributed by atoms with Gasteiger partial charge in [-0.25, -0.2) is 15.0 Å². The van der Waals surface area contributed by atoms with E-state index in [1.54, 1.807) is 12.3 Å². The summed E-state index contributed by atoms with van der Waals surface area (Å²) in [4.78, 5) is 19.6. The number of anilines is 2. The van der Waals surface area contributed by atoms with Gasteiger partial charge in [0.25, 0.3) is 0 Å². The molecule has 0 radical (unpaired) electrons. The maximum Gasteiger partial charge on any atom is 0.140 e. The number of aromatic nitrogens is 4. The molecule has 0 spiro atoms. The Morgan fingerprint density at radius 1 is 1.16 bits per heavy atom. The molecule has 4 heterocycles. The van der Waals surface area contributed by atoms with E-state index in [-0.39, 0.29) is 6.04 Å². The molecule has 160 valence electrons. The number of rotatable bonds is 5. The topological polar surface area (TPSA) is 93.5 Å². The van der Waals surface area contributed by atoms with Crippen molar-refractivity contribution in [2.24, 2.45) is 0 Å². The third-order valence-electron chi connectivity index (χ3n) is 5.92. The molecular formula is C25H25N7. The Morgan fingerprint density at radius 2 is 2.06 bits per heavy atom. The molecule has 1 aliphatic rings. The van der Waals surface area contributed by atoms with E-state index >= 15 is 0 Å². The van der Waals surface area contributed by atoms with Crippen LogP contribution < -0.4 is 5.32 Å². The number of aryl methyl sites for hydroxylation is 1. The third kappa shape index (κ3) is 4.32. The van der Waals surface area contributed by atoms with Gasteiger partial charge in [-0.2, -0.15) is 5.26 Å². The van der Waals surface area contributed by atoms with Crippen molar-refractivity contribution in [3.8, 4) is 6.07 Å². The number of fused-ring (bicyclic) bond motifs is 1. The zero-order chi connectivity index (χ0) is 21.9. The van der Waals surface area contributed by atoms with Crippen molar-refractivity contribution in [1.29, 1.82) is 5.26 Å². The van der Waals surface area contributed by atoms with Gasteiger partial charge >= 0.3 is 0 Å². The van der Waals surface area contributed by atoms with Crippen molar-refractivity contribution in [1.82, 2.24) is 24.8 Å². The molecule has 0 amide bonds. The predicted molar refractivity (Wildman–Crippen MR) is 124 cm³/mol. The first-order chi connectivity index (χ1) is 15.7. The van der Waals surface area contributed by atoms with E-state index in [4.69, 9.17) is 10.2 Å². The highest BCUT2D eigenvalue weighted by molar-refractivity contribution is 5.80. The highest BCUT2D eigenvalue weighted by Crippen LogP contribution is 2.32.